The molecule has 0 fully saturated rings. The maximum Gasteiger partial charge on any atom is 0.321 e. The van der Waals surface area contributed by atoms with Crippen LogP contribution >= 0.6 is 11.3 Å². The highest BCUT2D eigenvalue weighted by atomic mass is 32.1. The van der Waals surface area contributed by atoms with E-state index in [1.165, 1.54) is 50.4 Å². The fourth-order valence-electron chi connectivity index (χ4n) is 6.00. The number of nitrogens with zero attached hydrogens (tertiary/aromatic N) is 1. The highest BCUT2D eigenvalue weighted by Gasteiger charge is 2.31. The standard InChI is InChI=1S/C36H42N2O2S/c1-4-28(5-2)29-14-10-26(11-15-29)20-25(3)37-22-27-12-16-30(17-13-27)35-19-18-33(41-35)24-38-23-32-9-7-6-8-31(32)21-34(38)36(39)40/h6-19,25,28,34,37H,4-5,20-24H2,1-3H3,(H,39,40). The zero-order chi connectivity index (χ0) is 28.8. The van der Waals surface area contributed by atoms with Crippen LogP contribution in [0.5, 0.6) is 0 Å². The number of fused-ring (bicyclic) bond motifs is 1. The summed E-state index contributed by atoms with van der Waals surface area (Å²) in [4.78, 5) is 16.5. The van der Waals surface area contributed by atoms with Crippen LogP contribution in [0.2, 0.25) is 0 Å². The van der Waals surface area contributed by atoms with E-state index in [1.54, 1.807) is 11.3 Å². The van der Waals surface area contributed by atoms with Crippen LogP contribution in [0.1, 0.15) is 72.2 Å². The molecule has 5 heteroatoms. The van der Waals surface area contributed by atoms with E-state index in [0.29, 0.717) is 31.5 Å². The first-order valence-electron chi connectivity index (χ1n) is 15.0. The Kier molecular flexibility index (Phi) is 9.71. The zero-order valence-electron chi connectivity index (χ0n) is 24.5. The van der Waals surface area contributed by atoms with Crippen molar-refractivity contribution in [2.45, 2.75) is 84.1 Å². The molecule has 0 saturated carbocycles. The summed E-state index contributed by atoms with van der Waals surface area (Å²) in [6.07, 6.45) is 3.97. The van der Waals surface area contributed by atoms with Crippen LogP contribution in [0, 0.1) is 0 Å². The number of carbonyl (C=O) groups is 1. The minimum atomic E-state index is -0.746. The average Bonchev–Trinajstić information content (AvgIpc) is 3.46. The molecule has 2 atom stereocenters. The second-order valence-corrected chi connectivity index (χ2v) is 12.6. The molecule has 4 aromatic rings. The number of nitrogens with one attached hydrogen (secondary N) is 1. The second kappa shape index (κ2) is 13.6. The highest BCUT2D eigenvalue weighted by Crippen LogP contribution is 2.32. The average molecular weight is 567 g/mol. The van der Waals surface area contributed by atoms with Crippen molar-refractivity contribution < 1.29 is 9.90 Å². The molecule has 4 nitrogen and oxygen atoms in total. The summed E-state index contributed by atoms with van der Waals surface area (Å²) >= 11 is 1.76. The fourth-order valence-corrected chi connectivity index (χ4v) is 7.03. The van der Waals surface area contributed by atoms with Gasteiger partial charge in [-0.15, -0.1) is 11.3 Å². The maximum atomic E-state index is 12.0. The minimum Gasteiger partial charge on any atom is -0.480 e. The van der Waals surface area contributed by atoms with Gasteiger partial charge in [0.05, 0.1) is 0 Å². The number of benzene rings is 3. The molecule has 2 heterocycles. The molecule has 2 unspecified atom stereocenters. The lowest BCUT2D eigenvalue weighted by Gasteiger charge is -2.34. The number of thiophene rings is 1. The van der Waals surface area contributed by atoms with Crippen LogP contribution < -0.4 is 5.32 Å². The SMILES string of the molecule is CCC(CC)c1ccc(CC(C)NCc2ccc(-c3ccc(CN4Cc5ccccc5CC4C(=O)O)s3)cc2)cc1. The molecule has 2 N–H and O–H groups in total. The molecule has 0 amide bonds. The molecular formula is C36H42N2O2S. The summed E-state index contributed by atoms with van der Waals surface area (Å²) in [5.41, 5.74) is 7.70. The molecule has 0 radical (unpaired) electrons. The van der Waals surface area contributed by atoms with Crippen molar-refractivity contribution in [2.24, 2.45) is 0 Å². The largest absolute Gasteiger partial charge is 0.480 e. The molecule has 41 heavy (non-hydrogen) atoms. The second-order valence-electron chi connectivity index (χ2n) is 11.4. The van der Waals surface area contributed by atoms with E-state index >= 15 is 0 Å². The summed E-state index contributed by atoms with van der Waals surface area (Å²) in [7, 11) is 0. The molecule has 1 aliphatic rings. The van der Waals surface area contributed by atoms with Gasteiger partial charge in [-0.1, -0.05) is 86.6 Å². The van der Waals surface area contributed by atoms with Gasteiger partial charge in [0, 0.05) is 35.4 Å². The lowest BCUT2D eigenvalue weighted by molar-refractivity contribution is -0.144. The Balaban J connectivity index is 1.14. The van der Waals surface area contributed by atoms with Gasteiger partial charge in [-0.3, -0.25) is 9.69 Å². The van der Waals surface area contributed by atoms with Crippen LogP contribution in [-0.4, -0.2) is 28.1 Å². The van der Waals surface area contributed by atoms with E-state index in [1.807, 2.05) is 12.1 Å². The molecule has 3 aromatic carbocycles. The first-order valence-corrected chi connectivity index (χ1v) is 15.8. The van der Waals surface area contributed by atoms with Gasteiger partial charge >= 0.3 is 5.97 Å². The third-order valence-corrected chi connectivity index (χ3v) is 9.64. The van der Waals surface area contributed by atoms with Gasteiger partial charge in [0.2, 0.25) is 0 Å². The van der Waals surface area contributed by atoms with Crippen molar-refractivity contribution in [1.29, 1.82) is 0 Å². The molecule has 0 bridgehead atoms. The van der Waals surface area contributed by atoms with Crippen LogP contribution in [0.3, 0.4) is 0 Å². The van der Waals surface area contributed by atoms with E-state index in [9.17, 15) is 9.90 Å². The Morgan fingerprint density at radius 3 is 2.29 bits per heavy atom. The van der Waals surface area contributed by atoms with Gasteiger partial charge in [-0.2, -0.15) is 0 Å². The van der Waals surface area contributed by atoms with E-state index in [0.717, 1.165) is 18.5 Å². The number of aliphatic carboxylic acids is 1. The van der Waals surface area contributed by atoms with Gasteiger partial charge in [0.25, 0.3) is 0 Å². The van der Waals surface area contributed by atoms with Crippen LogP contribution in [0.25, 0.3) is 10.4 Å². The molecule has 0 saturated heterocycles. The fraction of sp³-hybridized carbons (Fsp3) is 0.361. The Morgan fingerprint density at radius 2 is 1.61 bits per heavy atom. The molecule has 1 aliphatic heterocycles. The summed E-state index contributed by atoms with van der Waals surface area (Å²) in [5, 5.41) is 13.6. The third-order valence-electron chi connectivity index (χ3n) is 8.52. The van der Waals surface area contributed by atoms with E-state index < -0.39 is 12.0 Å². The summed E-state index contributed by atoms with van der Waals surface area (Å²) < 4.78 is 0. The summed E-state index contributed by atoms with van der Waals surface area (Å²) in [5.74, 6) is -0.0785. The molecule has 214 valence electrons. The molecule has 0 aliphatic carbocycles. The molecule has 5 rings (SSSR count). The normalized spacial score (nSPS) is 16.0. The lowest BCUT2D eigenvalue weighted by Crippen LogP contribution is -2.44. The first-order chi connectivity index (χ1) is 19.9. The smallest absolute Gasteiger partial charge is 0.321 e. The monoisotopic (exact) mass is 566 g/mol. The Hall–Kier alpha value is -3.25. The maximum absolute atomic E-state index is 12.0. The van der Waals surface area contributed by atoms with Crippen molar-refractivity contribution in [3.63, 3.8) is 0 Å². The Labute approximate surface area is 249 Å². The molecule has 1 aromatic heterocycles. The van der Waals surface area contributed by atoms with E-state index in [4.69, 9.17) is 0 Å². The van der Waals surface area contributed by atoms with Gasteiger partial charge in [0.15, 0.2) is 0 Å². The van der Waals surface area contributed by atoms with Gasteiger partial charge in [-0.05, 0) is 84.0 Å². The van der Waals surface area contributed by atoms with E-state index in [-0.39, 0.29) is 0 Å². The van der Waals surface area contributed by atoms with Crippen LogP contribution in [-0.2, 0) is 37.3 Å². The third kappa shape index (κ3) is 7.34. The van der Waals surface area contributed by atoms with Gasteiger partial charge in [0.1, 0.15) is 6.04 Å². The predicted molar refractivity (Wildman–Crippen MR) is 170 cm³/mol. The highest BCUT2D eigenvalue weighted by molar-refractivity contribution is 7.15. The van der Waals surface area contributed by atoms with Crippen molar-refractivity contribution in [1.82, 2.24) is 10.2 Å². The van der Waals surface area contributed by atoms with Crippen molar-refractivity contribution >= 4 is 17.3 Å². The number of hydrogen-bond acceptors (Lipinski definition) is 4. The number of rotatable bonds is 12. The number of carboxylic acids is 1. The molecular weight excluding hydrogens is 524 g/mol. The number of carboxylic acid groups (broad SMARTS) is 1. The van der Waals surface area contributed by atoms with Crippen molar-refractivity contribution in [2.75, 3.05) is 0 Å². The van der Waals surface area contributed by atoms with Crippen LogP contribution in [0.15, 0.2) is 84.9 Å². The lowest BCUT2D eigenvalue weighted by atomic mass is 9.92. The Morgan fingerprint density at radius 1 is 0.927 bits per heavy atom. The molecule has 0 spiro atoms. The summed E-state index contributed by atoms with van der Waals surface area (Å²) in [6, 6.07) is 30.4. The minimum absolute atomic E-state index is 0.393. The van der Waals surface area contributed by atoms with Crippen molar-refractivity contribution in [3.8, 4) is 10.4 Å². The topological polar surface area (TPSA) is 52.6 Å². The Bertz CT molecular complexity index is 1420. The van der Waals surface area contributed by atoms with Crippen LogP contribution in [0.4, 0.5) is 0 Å². The zero-order valence-corrected chi connectivity index (χ0v) is 25.3. The predicted octanol–water partition coefficient (Wildman–Crippen LogP) is 8.05. The van der Waals surface area contributed by atoms with Gasteiger partial charge < -0.3 is 10.4 Å². The van der Waals surface area contributed by atoms with Crippen molar-refractivity contribution in [3.05, 3.63) is 118 Å². The summed E-state index contributed by atoms with van der Waals surface area (Å²) in [6.45, 7) is 8.96. The quantitative estimate of drug-likeness (QED) is 0.182. The number of hydrogen-bond donors (Lipinski definition) is 2. The van der Waals surface area contributed by atoms with Gasteiger partial charge in [-0.25, -0.2) is 0 Å². The van der Waals surface area contributed by atoms with E-state index in [2.05, 4.69) is 104 Å². The first kappa shape index (κ1) is 29.2.